The van der Waals surface area contributed by atoms with E-state index in [9.17, 15) is 0 Å². The van der Waals surface area contributed by atoms with Crippen LogP contribution >= 0.6 is 12.6 Å². The van der Waals surface area contributed by atoms with Crippen molar-refractivity contribution in [3.63, 3.8) is 0 Å². The quantitative estimate of drug-likeness (QED) is 0.429. The molecule has 0 saturated carbocycles. The van der Waals surface area contributed by atoms with Crippen molar-refractivity contribution in [2.24, 2.45) is 0 Å². The smallest absolute Gasteiger partial charge is 0.0923 e. The lowest BCUT2D eigenvalue weighted by Crippen LogP contribution is -2.15. The number of para-hydroxylation sites is 1. The zero-order valence-corrected chi connectivity index (χ0v) is 14.9. The van der Waals surface area contributed by atoms with Crippen LogP contribution in [-0.4, -0.2) is 0 Å². The summed E-state index contributed by atoms with van der Waals surface area (Å²) in [4.78, 5) is 3.04. The Kier molecular flexibility index (Phi) is 5.28. The lowest BCUT2D eigenvalue weighted by Gasteiger charge is -2.25. The first-order chi connectivity index (χ1) is 12.2. The Balaban J connectivity index is 2.00. The lowest BCUT2D eigenvalue weighted by molar-refractivity contribution is 1.22. The third-order valence-electron chi connectivity index (χ3n) is 4.00. The third-order valence-corrected chi connectivity index (χ3v) is 4.30. The molecule has 0 aromatic heterocycles. The van der Waals surface area contributed by atoms with E-state index in [1.165, 1.54) is 5.56 Å². The van der Waals surface area contributed by atoms with Crippen LogP contribution in [0.1, 0.15) is 6.92 Å². The number of terminal acetylenes is 1. The second kappa shape index (κ2) is 7.79. The van der Waals surface area contributed by atoms with Crippen LogP contribution in [0.5, 0.6) is 0 Å². The molecule has 0 saturated heterocycles. The molecule has 0 amide bonds. The van der Waals surface area contributed by atoms with Crippen molar-refractivity contribution in [2.75, 3.05) is 4.90 Å². The summed E-state index contributed by atoms with van der Waals surface area (Å²) in [7, 11) is 0. The number of hydrogen-bond donors (Lipinski definition) is 1. The van der Waals surface area contributed by atoms with Crippen LogP contribution in [0.2, 0.25) is 0 Å². The molecule has 0 aliphatic heterocycles. The fourth-order valence-electron chi connectivity index (χ4n) is 2.74. The summed E-state index contributed by atoms with van der Waals surface area (Å²) in [6, 6.07) is 26.7. The summed E-state index contributed by atoms with van der Waals surface area (Å²) < 4.78 is 0. The van der Waals surface area contributed by atoms with Crippen molar-refractivity contribution in [3.8, 4) is 23.5 Å². The third kappa shape index (κ3) is 3.79. The average molecular weight is 341 g/mol. The predicted octanol–water partition coefficient (Wildman–Crippen LogP) is 6.32. The molecule has 2 heteroatoms. The van der Waals surface area contributed by atoms with E-state index in [4.69, 9.17) is 6.42 Å². The molecule has 25 heavy (non-hydrogen) atoms. The molecule has 3 rings (SSSR count). The van der Waals surface area contributed by atoms with Gasteiger partial charge >= 0.3 is 0 Å². The van der Waals surface area contributed by atoms with Gasteiger partial charge in [0.25, 0.3) is 0 Å². The summed E-state index contributed by atoms with van der Waals surface area (Å²) >= 11 is 4.34. The Morgan fingerprint density at radius 2 is 1.36 bits per heavy atom. The molecule has 0 heterocycles. The van der Waals surface area contributed by atoms with Gasteiger partial charge in [-0.25, -0.2) is 0 Å². The van der Waals surface area contributed by atoms with E-state index in [2.05, 4.69) is 72.0 Å². The van der Waals surface area contributed by atoms with E-state index in [1.54, 1.807) is 0 Å². The zero-order chi connectivity index (χ0) is 17.6. The van der Waals surface area contributed by atoms with E-state index in [0.29, 0.717) is 0 Å². The van der Waals surface area contributed by atoms with Gasteiger partial charge in [0.05, 0.1) is 5.70 Å². The van der Waals surface area contributed by atoms with Crippen LogP contribution in [0.25, 0.3) is 11.1 Å². The number of allylic oxidation sites excluding steroid dienone is 2. The SMILES string of the molecule is C#C/C(=C\C)N(c1ccccc1)c1ccc(-c2ccc(S)cc2)cc1. The molecule has 0 bridgehead atoms. The number of thiol groups is 1. The highest BCUT2D eigenvalue weighted by Gasteiger charge is 2.12. The predicted molar refractivity (Wildman–Crippen MR) is 110 cm³/mol. The molecule has 1 nitrogen and oxygen atoms in total. The van der Waals surface area contributed by atoms with Crippen molar-refractivity contribution in [3.05, 3.63) is 90.6 Å². The topological polar surface area (TPSA) is 3.24 Å². The first-order valence-corrected chi connectivity index (χ1v) is 8.55. The molecule has 0 aliphatic rings. The Bertz CT molecular complexity index is 901. The largest absolute Gasteiger partial charge is 0.304 e. The minimum Gasteiger partial charge on any atom is -0.304 e. The fraction of sp³-hybridized carbons (Fsp3) is 0.0435. The first kappa shape index (κ1) is 17.0. The van der Waals surface area contributed by atoms with E-state index in [1.807, 2.05) is 43.3 Å². The van der Waals surface area contributed by atoms with Gasteiger partial charge in [-0.1, -0.05) is 54.5 Å². The van der Waals surface area contributed by atoms with E-state index < -0.39 is 0 Å². The average Bonchev–Trinajstić information content (AvgIpc) is 2.67. The van der Waals surface area contributed by atoms with Gasteiger partial charge in [0.2, 0.25) is 0 Å². The number of anilines is 2. The van der Waals surface area contributed by atoms with Crippen LogP contribution in [0.3, 0.4) is 0 Å². The van der Waals surface area contributed by atoms with E-state index in [-0.39, 0.29) is 0 Å². The number of hydrogen-bond acceptors (Lipinski definition) is 2. The molecule has 122 valence electrons. The molecule has 0 N–H and O–H groups in total. The highest BCUT2D eigenvalue weighted by molar-refractivity contribution is 7.80. The molecule has 0 unspecified atom stereocenters. The standard InChI is InChI=1S/C23H19NS/c1-3-20(4-2)24(21-8-6-5-7-9-21)22-14-10-18(11-15-22)19-12-16-23(25)17-13-19/h1,4-17,25H,2H3/b20-4+. The highest BCUT2D eigenvalue weighted by Crippen LogP contribution is 2.31. The monoisotopic (exact) mass is 341 g/mol. The minimum atomic E-state index is 0.818. The molecule has 3 aromatic carbocycles. The van der Waals surface area contributed by atoms with Gasteiger partial charge in [0.1, 0.15) is 0 Å². The summed E-state index contributed by atoms with van der Waals surface area (Å²) in [5, 5.41) is 0. The maximum atomic E-state index is 5.73. The van der Waals surface area contributed by atoms with Crippen LogP contribution in [-0.2, 0) is 0 Å². The van der Waals surface area contributed by atoms with Gasteiger partial charge in [-0.3, -0.25) is 0 Å². The maximum Gasteiger partial charge on any atom is 0.0923 e. The minimum absolute atomic E-state index is 0.818. The fourth-order valence-corrected chi connectivity index (χ4v) is 2.89. The molecule has 0 radical (unpaired) electrons. The summed E-state index contributed by atoms with van der Waals surface area (Å²) in [6.07, 6.45) is 7.68. The van der Waals surface area contributed by atoms with Gasteiger partial charge in [-0.2, -0.15) is 0 Å². The Morgan fingerprint density at radius 3 is 1.88 bits per heavy atom. The summed E-state index contributed by atoms with van der Waals surface area (Å²) in [5.41, 5.74) is 5.22. The van der Waals surface area contributed by atoms with Crippen molar-refractivity contribution < 1.29 is 0 Å². The van der Waals surface area contributed by atoms with Gasteiger partial charge in [-0.15, -0.1) is 19.1 Å². The molecule has 0 fully saturated rings. The first-order valence-electron chi connectivity index (χ1n) is 8.10. The molecule has 0 aliphatic carbocycles. The van der Waals surface area contributed by atoms with Gasteiger partial charge in [0, 0.05) is 16.3 Å². The maximum absolute atomic E-state index is 5.73. The Labute approximate surface area is 155 Å². The number of rotatable bonds is 4. The Hall–Kier alpha value is -2.89. The van der Waals surface area contributed by atoms with Crippen molar-refractivity contribution in [1.82, 2.24) is 0 Å². The normalized spacial score (nSPS) is 11.0. The van der Waals surface area contributed by atoms with Gasteiger partial charge in [-0.05, 0) is 54.4 Å². The second-order valence-electron chi connectivity index (χ2n) is 5.58. The van der Waals surface area contributed by atoms with Crippen molar-refractivity contribution in [2.45, 2.75) is 11.8 Å². The zero-order valence-electron chi connectivity index (χ0n) is 14.1. The van der Waals surface area contributed by atoms with Crippen molar-refractivity contribution in [1.29, 1.82) is 0 Å². The van der Waals surface area contributed by atoms with Crippen LogP contribution in [0.15, 0.2) is 95.5 Å². The second-order valence-corrected chi connectivity index (χ2v) is 6.10. The molecular weight excluding hydrogens is 322 g/mol. The van der Waals surface area contributed by atoms with Gasteiger partial charge < -0.3 is 4.90 Å². The van der Waals surface area contributed by atoms with E-state index in [0.717, 1.165) is 27.5 Å². The van der Waals surface area contributed by atoms with Crippen LogP contribution < -0.4 is 4.90 Å². The van der Waals surface area contributed by atoms with Crippen molar-refractivity contribution >= 4 is 24.0 Å². The van der Waals surface area contributed by atoms with E-state index >= 15 is 0 Å². The molecule has 3 aromatic rings. The van der Waals surface area contributed by atoms with Crippen LogP contribution in [0.4, 0.5) is 11.4 Å². The highest BCUT2D eigenvalue weighted by atomic mass is 32.1. The lowest BCUT2D eigenvalue weighted by atomic mass is 10.0. The molecular formula is C23H19NS. The number of nitrogens with zero attached hydrogens (tertiary/aromatic N) is 1. The summed E-state index contributed by atoms with van der Waals surface area (Å²) in [6.45, 7) is 1.96. The number of benzene rings is 3. The molecule has 0 atom stereocenters. The van der Waals surface area contributed by atoms with Gasteiger partial charge in [0.15, 0.2) is 0 Å². The molecule has 0 spiro atoms. The Morgan fingerprint density at radius 1 is 0.840 bits per heavy atom. The summed E-state index contributed by atoms with van der Waals surface area (Å²) in [5.74, 6) is 2.78. The van der Waals surface area contributed by atoms with Crippen LogP contribution in [0, 0.1) is 12.3 Å².